The van der Waals surface area contributed by atoms with Crippen molar-refractivity contribution in [1.29, 1.82) is 0 Å². The van der Waals surface area contributed by atoms with Crippen LogP contribution in [0.5, 0.6) is 0 Å². The molecule has 1 atom stereocenters. The van der Waals surface area contributed by atoms with Crippen molar-refractivity contribution in [2.24, 2.45) is 5.41 Å². The van der Waals surface area contributed by atoms with Crippen LogP contribution in [0.4, 0.5) is 0 Å². The van der Waals surface area contributed by atoms with Gasteiger partial charge in [0.05, 0.1) is 13.2 Å². The molecule has 0 spiro atoms. The van der Waals surface area contributed by atoms with Gasteiger partial charge in [-0.05, 0) is 13.3 Å². The second kappa shape index (κ2) is 5.32. The lowest BCUT2D eigenvalue weighted by Crippen LogP contribution is -2.13. The van der Waals surface area contributed by atoms with Crippen LogP contribution in [0.25, 0.3) is 0 Å². The summed E-state index contributed by atoms with van der Waals surface area (Å²) in [7, 11) is 1.69. The van der Waals surface area contributed by atoms with Gasteiger partial charge in [0.15, 0.2) is 0 Å². The van der Waals surface area contributed by atoms with E-state index in [0.717, 1.165) is 13.0 Å². The molecule has 0 radical (unpaired) electrons. The second-order valence-electron chi connectivity index (χ2n) is 4.08. The number of ether oxygens (including phenoxy) is 2. The SMILES string of the molecule is COCCOCCC1(C)C=CC(C)=C1. The maximum atomic E-state index is 5.45. The van der Waals surface area contributed by atoms with Gasteiger partial charge in [0, 0.05) is 19.1 Å². The van der Waals surface area contributed by atoms with E-state index in [0.29, 0.717) is 13.2 Å². The van der Waals surface area contributed by atoms with Crippen molar-refractivity contribution in [3.8, 4) is 0 Å². The predicted octanol–water partition coefficient (Wildman–Crippen LogP) is 2.56. The molecule has 80 valence electrons. The number of rotatable bonds is 6. The topological polar surface area (TPSA) is 18.5 Å². The highest BCUT2D eigenvalue weighted by Crippen LogP contribution is 2.32. The summed E-state index contributed by atoms with van der Waals surface area (Å²) in [6.07, 6.45) is 7.77. The summed E-state index contributed by atoms with van der Waals surface area (Å²) < 4.78 is 10.4. The Labute approximate surface area is 86.6 Å². The van der Waals surface area contributed by atoms with E-state index < -0.39 is 0 Å². The van der Waals surface area contributed by atoms with E-state index in [4.69, 9.17) is 9.47 Å². The molecule has 0 amide bonds. The summed E-state index contributed by atoms with van der Waals surface area (Å²) in [5.41, 5.74) is 1.56. The molecule has 0 aromatic heterocycles. The molecule has 14 heavy (non-hydrogen) atoms. The zero-order valence-electron chi connectivity index (χ0n) is 9.38. The lowest BCUT2D eigenvalue weighted by molar-refractivity contribution is 0.0628. The smallest absolute Gasteiger partial charge is 0.0700 e. The van der Waals surface area contributed by atoms with E-state index in [2.05, 4.69) is 32.1 Å². The molecule has 1 rings (SSSR count). The third-order valence-corrected chi connectivity index (χ3v) is 2.50. The predicted molar refractivity (Wildman–Crippen MR) is 58.3 cm³/mol. The van der Waals surface area contributed by atoms with Crippen LogP contribution in [0.2, 0.25) is 0 Å². The van der Waals surface area contributed by atoms with Crippen LogP contribution in [0.15, 0.2) is 23.8 Å². The average molecular weight is 196 g/mol. The minimum Gasteiger partial charge on any atom is -0.382 e. The van der Waals surface area contributed by atoms with Gasteiger partial charge in [-0.3, -0.25) is 0 Å². The van der Waals surface area contributed by atoms with Crippen molar-refractivity contribution in [1.82, 2.24) is 0 Å². The Hall–Kier alpha value is -0.600. The van der Waals surface area contributed by atoms with E-state index in [9.17, 15) is 0 Å². The lowest BCUT2D eigenvalue weighted by atomic mass is 9.89. The summed E-state index contributed by atoms with van der Waals surface area (Å²) in [4.78, 5) is 0. The highest BCUT2D eigenvalue weighted by Gasteiger charge is 2.20. The van der Waals surface area contributed by atoms with Crippen molar-refractivity contribution < 1.29 is 9.47 Å². The van der Waals surface area contributed by atoms with E-state index in [1.165, 1.54) is 5.57 Å². The van der Waals surface area contributed by atoms with Crippen LogP contribution in [-0.4, -0.2) is 26.9 Å². The molecular weight excluding hydrogens is 176 g/mol. The third kappa shape index (κ3) is 3.64. The summed E-state index contributed by atoms with van der Waals surface area (Å²) in [5.74, 6) is 0. The molecular formula is C12H20O2. The molecule has 0 bridgehead atoms. The minimum atomic E-state index is 0.206. The fourth-order valence-electron chi connectivity index (χ4n) is 1.63. The van der Waals surface area contributed by atoms with Gasteiger partial charge in [-0.1, -0.05) is 30.7 Å². The molecule has 1 aliphatic rings. The monoisotopic (exact) mass is 196 g/mol. The van der Waals surface area contributed by atoms with Crippen LogP contribution >= 0.6 is 0 Å². The number of hydrogen-bond acceptors (Lipinski definition) is 2. The quantitative estimate of drug-likeness (QED) is 0.608. The Bertz CT molecular complexity index is 230. The third-order valence-electron chi connectivity index (χ3n) is 2.50. The van der Waals surface area contributed by atoms with Crippen molar-refractivity contribution in [2.45, 2.75) is 20.3 Å². The first kappa shape index (κ1) is 11.5. The van der Waals surface area contributed by atoms with Crippen molar-refractivity contribution in [3.05, 3.63) is 23.8 Å². The molecule has 1 aliphatic carbocycles. The fraction of sp³-hybridized carbons (Fsp3) is 0.667. The first-order valence-corrected chi connectivity index (χ1v) is 5.12. The molecule has 0 saturated carbocycles. The Kier molecular flexibility index (Phi) is 4.36. The van der Waals surface area contributed by atoms with E-state index >= 15 is 0 Å². The summed E-state index contributed by atoms with van der Waals surface area (Å²) in [6, 6.07) is 0. The van der Waals surface area contributed by atoms with E-state index in [1.54, 1.807) is 7.11 Å². The van der Waals surface area contributed by atoms with Gasteiger partial charge in [-0.15, -0.1) is 0 Å². The standard InChI is InChI=1S/C12H20O2/c1-11-4-5-12(2,10-11)6-7-14-9-8-13-3/h4-5,10H,6-9H2,1-3H3. The van der Waals surface area contributed by atoms with Crippen molar-refractivity contribution >= 4 is 0 Å². The van der Waals surface area contributed by atoms with Crippen LogP contribution < -0.4 is 0 Å². The van der Waals surface area contributed by atoms with Crippen molar-refractivity contribution in [2.75, 3.05) is 26.9 Å². The molecule has 0 heterocycles. The molecule has 0 N–H and O–H groups in total. The van der Waals surface area contributed by atoms with Crippen molar-refractivity contribution in [3.63, 3.8) is 0 Å². The second-order valence-corrected chi connectivity index (χ2v) is 4.08. The summed E-state index contributed by atoms with van der Waals surface area (Å²) in [6.45, 7) is 6.54. The van der Waals surface area contributed by atoms with Gasteiger partial charge in [-0.2, -0.15) is 0 Å². The highest BCUT2D eigenvalue weighted by molar-refractivity contribution is 5.31. The molecule has 0 aliphatic heterocycles. The van der Waals surface area contributed by atoms with Crippen LogP contribution in [0.3, 0.4) is 0 Å². The Balaban J connectivity index is 2.16. The molecule has 1 unspecified atom stereocenters. The summed E-state index contributed by atoms with van der Waals surface area (Å²) >= 11 is 0. The van der Waals surface area contributed by atoms with Crippen LogP contribution in [-0.2, 0) is 9.47 Å². The summed E-state index contributed by atoms with van der Waals surface area (Å²) in [5, 5.41) is 0. The largest absolute Gasteiger partial charge is 0.382 e. The van der Waals surface area contributed by atoms with Gasteiger partial charge >= 0.3 is 0 Å². The molecule has 2 nitrogen and oxygen atoms in total. The highest BCUT2D eigenvalue weighted by atomic mass is 16.5. The number of hydrogen-bond donors (Lipinski definition) is 0. The van der Waals surface area contributed by atoms with Gasteiger partial charge < -0.3 is 9.47 Å². The minimum absolute atomic E-state index is 0.206. The average Bonchev–Trinajstić information content (AvgIpc) is 2.47. The molecule has 0 saturated heterocycles. The first-order valence-electron chi connectivity index (χ1n) is 5.12. The Morgan fingerprint density at radius 1 is 1.29 bits per heavy atom. The molecule has 0 aromatic rings. The molecule has 0 aromatic carbocycles. The zero-order valence-corrected chi connectivity index (χ0v) is 9.38. The zero-order chi connectivity index (χ0) is 10.4. The first-order chi connectivity index (χ1) is 6.66. The fourth-order valence-corrected chi connectivity index (χ4v) is 1.63. The van der Waals surface area contributed by atoms with Gasteiger partial charge in [0.1, 0.15) is 0 Å². The Morgan fingerprint density at radius 2 is 2.07 bits per heavy atom. The molecule has 0 fully saturated rings. The number of methoxy groups -OCH3 is 1. The maximum Gasteiger partial charge on any atom is 0.0700 e. The van der Waals surface area contributed by atoms with Crippen LogP contribution in [0.1, 0.15) is 20.3 Å². The number of allylic oxidation sites excluding steroid dienone is 4. The Morgan fingerprint density at radius 3 is 2.64 bits per heavy atom. The normalized spacial score (nSPS) is 25.5. The van der Waals surface area contributed by atoms with Crippen LogP contribution in [0, 0.1) is 5.41 Å². The molecule has 2 heteroatoms. The van der Waals surface area contributed by atoms with E-state index in [-0.39, 0.29) is 5.41 Å². The van der Waals surface area contributed by atoms with Gasteiger partial charge in [-0.25, -0.2) is 0 Å². The van der Waals surface area contributed by atoms with Gasteiger partial charge in [0.2, 0.25) is 0 Å². The van der Waals surface area contributed by atoms with E-state index in [1.807, 2.05) is 0 Å². The lowest BCUT2D eigenvalue weighted by Gasteiger charge is -2.18. The maximum absolute atomic E-state index is 5.45. The van der Waals surface area contributed by atoms with Gasteiger partial charge in [0.25, 0.3) is 0 Å².